The summed E-state index contributed by atoms with van der Waals surface area (Å²) in [7, 11) is 0. The molecule has 0 saturated heterocycles. The molecule has 0 atom stereocenters. The van der Waals surface area contributed by atoms with Crippen LogP contribution >= 0.6 is 11.6 Å². The number of amides is 1. The van der Waals surface area contributed by atoms with Crippen molar-refractivity contribution in [1.82, 2.24) is 5.32 Å². The molecule has 1 heterocycles. The fraction of sp³-hybridized carbons (Fsp3) is 0.346. The van der Waals surface area contributed by atoms with Gasteiger partial charge in [-0.15, -0.1) is 0 Å². The van der Waals surface area contributed by atoms with Crippen molar-refractivity contribution in [1.29, 1.82) is 0 Å². The van der Waals surface area contributed by atoms with E-state index in [0.29, 0.717) is 31.4 Å². The van der Waals surface area contributed by atoms with Crippen LogP contribution in [0.3, 0.4) is 0 Å². The van der Waals surface area contributed by atoms with E-state index in [1.54, 1.807) is 12.3 Å². The number of carbonyl (C=O) groups excluding carboxylic acids is 1. The number of fused-ring (bicyclic) bond motifs is 1. The minimum absolute atomic E-state index is 0.135. The Bertz CT molecular complexity index is 1100. The highest BCUT2D eigenvalue weighted by Crippen LogP contribution is 2.40. The third kappa shape index (κ3) is 5.53. The summed E-state index contributed by atoms with van der Waals surface area (Å²) in [4.78, 5) is 12.4. The maximum Gasteiger partial charge on any atom is 0.244 e. The number of furan rings is 1. The van der Waals surface area contributed by atoms with Crippen molar-refractivity contribution in [2.75, 3.05) is 26.4 Å². The Kier molecular flexibility index (Phi) is 8.37. The molecule has 1 amide bonds. The standard InChI is InChI=1S/C26H30ClNO4/c1-5-30-13-7-12-28-24(29)14-17(3)21-15-22-23(19-8-10-20(27)11-9-19)16-32-26(22)18(4)25(21)31-6-2/h8-11,14-16H,5-7,12-13H2,1-4H3,(H,28,29)/b17-14+. The molecule has 0 unspecified atom stereocenters. The van der Waals surface area contributed by atoms with Gasteiger partial charge in [-0.05, 0) is 63.5 Å². The van der Waals surface area contributed by atoms with E-state index in [4.69, 9.17) is 25.5 Å². The van der Waals surface area contributed by atoms with E-state index in [2.05, 4.69) is 5.32 Å². The van der Waals surface area contributed by atoms with Gasteiger partial charge >= 0.3 is 0 Å². The van der Waals surface area contributed by atoms with Crippen LogP contribution in [-0.2, 0) is 9.53 Å². The number of hydrogen-bond donors (Lipinski definition) is 1. The van der Waals surface area contributed by atoms with Gasteiger partial charge in [0.2, 0.25) is 5.91 Å². The lowest BCUT2D eigenvalue weighted by molar-refractivity contribution is -0.116. The second-order valence-electron chi connectivity index (χ2n) is 7.51. The van der Waals surface area contributed by atoms with Gasteiger partial charge < -0.3 is 19.2 Å². The van der Waals surface area contributed by atoms with Gasteiger partial charge in [-0.3, -0.25) is 4.79 Å². The van der Waals surface area contributed by atoms with Crippen molar-refractivity contribution >= 4 is 34.1 Å². The molecule has 3 aromatic rings. The van der Waals surface area contributed by atoms with Crippen LogP contribution in [0.5, 0.6) is 5.75 Å². The van der Waals surface area contributed by atoms with Crippen LogP contribution in [0.2, 0.25) is 5.02 Å². The lowest BCUT2D eigenvalue weighted by Crippen LogP contribution is -2.23. The number of benzene rings is 2. The van der Waals surface area contributed by atoms with Gasteiger partial charge in [0.05, 0.1) is 12.9 Å². The van der Waals surface area contributed by atoms with Crippen LogP contribution in [0.4, 0.5) is 0 Å². The maximum atomic E-state index is 12.4. The zero-order chi connectivity index (χ0) is 23.1. The molecule has 0 bridgehead atoms. The van der Waals surface area contributed by atoms with Crippen molar-refractivity contribution in [3.63, 3.8) is 0 Å². The second kappa shape index (κ2) is 11.2. The largest absolute Gasteiger partial charge is 0.493 e. The van der Waals surface area contributed by atoms with Crippen molar-refractivity contribution in [3.8, 4) is 16.9 Å². The van der Waals surface area contributed by atoms with Gasteiger partial charge in [-0.1, -0.05) is 23.7 Å². The molecule has 32 heavy (non-hydrogen) atoms. The van der Waals surface area contributed by atoms with Gasteiger partial charge in [0, 0.05) is 52.9 Å². The van der Waals surface area contributed by atoms with Gasteiger partial charge in [0.1, 0.15) is 11.3 Å². The quantitative estimate of drug-likeness (QED) is 0.283. The Balaban J connectivity index is 1.97. The Morgan fingerprint density at radius 2 is 1.94 bits per heavy atom. The molecule has 0 spiro atoms. The molecule has 0 fully saturated rings. The number of ether oxygens (including phenoxy) is 2. The van der Waals surface area contributed by atoms with Crippen LogP contribution in [0.1, 0.15) is 38.3 Å². The molecule has 3 rings (SSSR count). The smallest absolute Gasteiger partial charge is 0.244 e. The summed E-state index contributed by atoms with van der Waals surface area (Å²) in [5.74, 6) is 0.596. The molecule has 0 aliphatic heterocycles. The lowest BCUT2D eigenvalue weighted by atomic mass is 9.96. The van der Waals surface area contributed by atoms with Crippen LogP contribution in [0, 0.1) is 6.92 Å². The fourth-order valence-corrected chi connectivity index (χ4v) is 3.77. The third-order valence-corrected chi connectivity index (χ3v) is 5.48. The van der Waals surface area contributed by atoms with E-state index in [0.717, 1.165) is 51.0 Å². The van der Waals surface area contributed by atoms with Crippen LogP contribution in [-0.4, -0.2) is 32.3 Å². The molecular formula is C26H30ClNO4. The normalized spacial score (nSPS) is 11.7. The molecule has 170 valence electrons. The first-order valence-electron chi connectivity index (χ1n) is 10.9. The highest BCUT2D eigenvalue weighted by Gasteiger charge is 2.19. The Labute approximate surface area is 194 Å². The van der Waals surface area contributed by atoms with Crippen LogP contribution in [0.25, 0.3) is 27.7 Å². The van der Waals surface area contributed by atoms with E-state index in [-0.39, 0.29) is 5.91 Å². The number of hydrogen-bond acceptors (Lipinski definition) is 4. The fourth-order valence-electron chi connectivity index (χ4n) is 3.65. The summed E-state index contributed by atoms with van der Waals surface area (Å²) in [6.07, 6.45) is 4.15. The monoisotopic (exact) mass is 455 g/mol. The first kappa shape index (κ1) is 23.9. The SMILES string of the molecule is CCOCCCNC(=O)/C=C(\C)c1cc2c(-c3ccc(Cl)cc3)coc2c(C)c1OCC. The summed E-state index contributed by atoms with van der Waals surface area (Å²) in [5.41, 5.74) is 5.36. The van der Waals surface area contributed by atoms with E-state index in [1.165, 1.54) is 0 Å². The first-order valence-corrected chi connectivity index (χ1v) is 11.3. The van der Waals surface area contributed by atoms with Crippen molar-refractivity contribution < 1.29 is 18.7 Å². The van der Waals surface area contributed by atoms with E-state index < -0.39 is 0 Å². The number of aryl methyl sites for hydroxylation is 1. The topological polar surface area (TPSA) is 60.7 Å². The van der Waals surface area contributed by atoms with Crippen LogP contribution < -0.4 is 10.1 Å². The Morgan fingerprint density at radius 1 is 1.19 bits per heavy atom. The second-order valence-corrected chi connectivity index (χ2v) is 7.95. The predicted octanol–water partition coefficient (Wildman–Crippen LogP) is 6.41. The molecule has 0 radical (unpaired) electrons. The Hall–Kier alpha value is -2.76. The van der Waals surface area contributed by atoms with E-state index in [1.807, 2.05) is 58.0 Å². The van der Waals surface area contributed by atoms with Gasteiger partial charge in [-0.25, -0.2) is 0 Å². The van der Waals surface area contributed by atoms with Crippen molar-refractivity contribution in [2.45, 2.75) is 34.1 Å². The molecule has 1 aromatic heterocycles. The molecule has 5 nitrogen and oxygen atoms in total. The zero-order valence-corrected chi connectivity index (χ0v) is 19.8. The number of allylic oxidation sites excluding steroid dienone is 1. The van der Waals surface area contributed by atoms with Crippen LogP contribution in [0.15, 0.2) is 47.1 Å². The molecule has 0 aliphatic rings. The molecule has 1 N–H and O–H groups in total. The average molecular weight is 456 g/mol. The average Bonchev–Trinajstić information content (AvgIpc) is 3.20. The van der Waals surface area contributed by atoms with Gasteiger partial charge in [-0.2, -0.15) is 0 Å². The lowest BCUT2D eigenvalue weighted by Gasteiger charge is -2.15. The van der Waals surface area contributed by atoms with E-state index in [9.17, 15) is 4.79 Å². The van der Waals surface area contributed by atoms with Crippen molar-refractivity contribution in [2.24, 2.45) is 0 Å². The molecule has 2 aromatic carbocycles. The molecule has 6 heteroatoms. The van der Waals surface area contributed by atoms with Gasteiger partial charge in [0.15, 0.2) is 0 Å². The zero-order valence-electron chi connectivity index (χ0n) is 19.1. The van der Waals surface area contributed by atoms with E-state index >= 15 is 0 Å². The number of halogens is 1. The third-order valence-electron chi connectivity index (χ3n) is 5.23. The number of rotatable bonds is 10. The molecule has 0 saturated carbocycles. The Morgan fingerprint density at radius 3 is 2.62 bits per heavy atom. The first-order chi connectivity index (χ1) is 15.5. The minimum atomic E-state index is -0.135. The van der Waals surface area contributed by atoms with Crippen molar-refractivity contribution in [3.05, 3.63) is 58.8 Å². The summed E-state index contributed by atoms with van der Waals surface area (Å²) in [6, 6.07) is 9.69. The molecular weight excluding hydrogens is 426 g/mol. The highest BCUT2D eigenvalue weighted by atomic mass is 35.5. The summed E-state index contributed by atoms with van der Waals surface area (Å²) in [5, 5.41) is 4.57. The number of carbonyl (C=O) groups is 1. The number of nitrogens with one attached hydrogen (secondary N) is 1. The summed E-state index contributed by atoms with van der Waals surface area (Å²) in [6.45, 7) is 10.2. The minimum Gasteiger partial charge on any atom is -0.493 e. The predicted molar refractivity (Wildman–Crippen MR) is 130 cm³/mol. The van der Waals surface area contributed by atoms with Gasteiger partial charge in [0.25, 0.3) is 0 Å². The molecule has 0 aliphatic carbocycles. The summed E-state index contributed by atoms with van der Waals surface area (Å²) >= 11 is 6.06. The summed E-state index contributed by atoms with van der Waals surface area (Å²) < 4.78 is 17.2. The highest BCUT2D eigenvalue weighted by molar-refractivity contribution is 6.30. The maximum absolute atomic E-state index is 12.4.